The van der Waals surface area contributed by atoms with Gasteiger partial charge in [0.25, 0.3) is 0 Å². The molecule has 0 radical (unpaired) electrons. The largest absolute Gasteiger partial charge is 0.393 e. The highest BCUT2D eigenvalue weighted by molar-refractivity contribution is 6.31. The van der Waals surface area contributed by atoms with Crippen LogP contribution in [0.2, 0.25) is 5.02 Å². The maximum atomic E-state index is 9.63. The maximum absolute atomic E-state index is 9.63. The molecule has 1 aliphatic heterocycles. The lowest BCUT2D eigenvalue weighted by atomic mass is 10.1. The normalized spacial score (nSPS) is 17.2. The SMILES string of the molecule is CN=C(NCc1ccc(CN2CCC(O)CC2)cc1)NC(C)c1ccccc1Cl. The molecular formula is C23H31ClN4O. The van der Waals surface area contributed by atoms with E-state index < -0.39 is 0 Å². The van der Waals surface area contributed by atoms with Gasteiger partial charge in [0.15, 0.2) is 5.96 Å². The van der Waals surface area contributed by atoms with Gasteiger partial charge in [-0.05, 0) is 42.5 Å². The standard InChI is InChI=1S/C23H31ClN4O/c1-17(21-5-3-4-6-22(21)24)27-23(25-2)26-15-18-7-9-19(10-8-18)16-28-13-11-20(29)12-14-28/h3-10,17,20,29H,11-16H2,1-2H3,(H2,25,26,27). The van der Waals surface area contributed by atoms with Crippen LogP contribution in [0.25, 0.3) is 0 Å². The van der Waals surface area contributed by atoms with Crippen LogP contribution in [0.4, 0.5) is 0 Å². The van der Waals surface area contributed by atoms with E-state index >= 15 is 0 Å². The van der Waals surface area contributed by atoms with Gasteiger partial charge in [-0.2, -0.15) is 0 Å². The van der Waals surface area contributed by atoms with Gasteiger partial charge in [0, 0.05) is 38.2 Å². The number of likely N-dealkylation sites (tertiary alicyclic amines) is 1. The number of nitrogens with one attached hydrogen (secondary N) is 2. The number of aliphatic hydroxyl groups is 1. The van der Waals surface area contributed by atoms with Crippen LogP contribution in [0.5, 0.6) is 0 Å². The summed E-state index contributed by atoms with van der Waals surface area (Å²) in [7, 11) is 1.77. The number of nitrogens with zero attached hydrogens (tertiary/aromatic N) is 2. The quantitative estimate of drug-likeness (QED) is 0.498. The van der Waals surface area contributed by atoms with Crippen molar-refractivity contribution >= 4 is 17.6 Å². The number of aliphatic hydroxyl groups excluding tert-OH is 1. The summed E-state index contributed by atoms with van der Waals surface area (Å²) in [5.74, 6) is 0.744. The van der Waals surface area contributed by atoms with Crippen molar-refractivity contribution < 1.29 is 5.11 Å². The Kier molecular flexibility index (Phi) is 7.92. The Morgan fingerprint density at radius 2 is 1.79 bits per heavy atom. The molecular weight excluding hydrogens is 384 g/mol. The molecule has 3 rings (SSSR count). The van der Waals surface area contributed by atoms with Gasteiger partial charge in [-0.3, -0.25) is 9.89 Å². The zero-order valence-corrected chi connectivity index (χ0v) is 18.0. The fourth-order valence-electron chi connectivity index (χ4n) is 3.59. The molecule has 5 nitrogen and oxygen atoms in total. The number of benzene rings is 2. The van der Waals surface area contributed by atoms with Gasteiger partial charge in [-0.25, -0.2) is 0 Å². The molecule has 0 aromatic heterocycles. The minimum Gasteiger partial charge on any atom is -0.393 e. The number of rotatable bonds is 6. The molecule has 1 fully saturated rings. The number of piperidine rings is 1. The molecule has 0 amide bonds. The zero-order valence-electron chi connectivity index (χ0n) is 17.2. The van der Waals surface area contributed by atoms with Crippen molar-refractivity contribution in [2.45, 2.75) is 45.0 Å². The van der Waals surface area contributed by atoms with Crippen LogP contribution in [0.1, 0.15) is 42.5 Å². The van der Waals surface area contributed by atoms with E-state index in [1.54, 1.807) is 7.05 Å². The van der Waals surface area contributed by atoms with E-state index in [2.05, 4.69) is 51.7 Å². The first-order chi connectivity index (χ1) is 14.0. The smallest absolute Gasteiger partial charge is 0.191 e. The van der Waals surface area contributed by atoms with Crippen molar-refractivity contribution in [3.05, 3.63) is 70.2 Å². The fraction of sp³-hybridized carbons (Fsp3) is 0.435. The Labute approximate surface area is 178 Å². The second-order valence-corrected chi connectivity index (χ2v) is 8.04. The van der Waals surface area contributed by atoms with Crippen LogP contribution in [-0.4, -0.2) is 42.2 Å². The highest BCUT2D eigenvalue weighted by Gasteiger charge is 2.16. The van der Waals surface area contributed by atoms with Crippen LogP contribution in [0, 0.1) is 0 Å². The van der Waals surface area contributed by atoms with Gasteiger partial charge >= 0.3 is 0 Å². The molecule has 3 N–H and O–H groups in total. The Balaban J connectivity index is 1.49. The summed E-state index contributed by atoms with van der Waals surface area (Å²) in [5, 5.41) is 17.1. The van der Waals surface area contributed by atoms with Gasteiger partial charge in [0.2, 0.25) is 0 Å². The number of aliphatic imine (C=N–C) groups is 1. The van der Waals surface area contributed by atoms with Gasteiger partial charge in [-0.1, -0.05) is 54.1 Å². The van der Waals surface area contributed by atoms with Crippen molar-refractivity contribution in [1.29, 1.82) is 0 Å². The molecule has 1 heterocycles. The van der Waals surface area contributed by atoms with E-state index in [9.17, 15) is 5.11 Å². The Hall–Kier alpha value is -2.08. The first kappa shape index (κ1) is 21.6. The van der Waals surface area contributed by atoms with E-state index in [0.29, 0.717) is 6.54 Å². The monoisotopic (exact) mass is 414 g/mol. The van der Waals surface area contributed by atoms with Crippen LogP contribution in [0.3, 0.4) is 0 Å². The molecule has 29 heavy (non-hydrogen) atoms. The van der Waals surface area contributed by atoms with Gasteiger partial charge in [-0.15, -0.1) is 0 Å². The van der Waals surface area contributed by atoms with Crippen molar-refractivity contribution in [1.82, 2.24) is 15.5 Å². The van der Waals surface area contributed by atoms with E-state index in [1.165, 1.54) is 11.1 Å². The maximum Gasteiger partial charge on any atom is 0.191 e. The van der Waals surface area contributed by atoms with E-state index in [-0.39, 0.29) is 12.1 Å². The molecule has 156 valence electrons. The zero-order chi connectivity index (χ0) is 20.6. The molecule has 0 bridgehead atoms. The summed E-state index contributed by atoms with van der Waals surface area (Å²) in [5.41, 5.74) is 3.56. The third-order valence-corrected chi connectivity index (χ3v) is 5.74. The average Bonchev–Trinajstić information content (AvgIpc) is 2.74. The molecule has 0 spiro atoms. The summed E-state index contributed by atoms with van der Waals surface area (Å²) < 4.78 is 0. The highest BCUT2D eigenvalue weighted by Crippen LogP contribution is 2.22. The van der Waals surface area contributed by atoms with Gasteiger partial charge in [0.05, 0.1) is 12.1 Å². The summed E-state index contributed by atoms with van der Waals surface area (Å²) >= 11 is 6.29. The van der Waals surface area contributed by atoms with Gasteiger partial charge in [0.1, 0.15) is 0 Å². The predicted octanol–water partition coefficient (Wildman–Crippen LogP) is 3.72. The summed E-state index contributed by atoms with van der Waals surface area (Å²) in [6.07, 6.45) is 1.63. The molecule has 1 unspecified atom stereocenters. The molecule has 1 saturated heterocycles. The molecule has 0 aliphatic carbocycles. The molecule has 1 atom stereocenters. The van der Waals surface area contributed by atoms with Crippen LogP contribution in [0.15, 0.2) is 53.5 Å². The summed E-state index contributed by atoms with van der Waals surface area (Å²) in [6.45, 7) is 5.65. The third-order valence-electron chi connectivity index (χ3n) is 5.39. The summed E-state index contributed by atoms with van der Waals surface area (Å²) in [4.78, 5) is 6.73. The number of hydrogen-bond acceptors (Lipinski definition) is 3. The van der Waals surface area contributed by atoms with Crippen molar-refractivity contribution in [3.8, 4) is 0 Å². The Morgan fingerprint density at radius 3 is 2.45 bits per heavy atom. The lowest BCUT2D eigenvalue weighted by Gasteiger charge is -2.29. The first-order valence-corrected chi connectivity index (χ1v) is 10.6. The summed E-state index contributed by atoms with van der Waals surface area (Å²) in [6, 6.07) is 16.6. The van der Waals surface area contributed by atoms with Crippen molar-refractivity contribution in [2.24, 2.45) is 4.99 Å². The minimum absolute atomic E-state index is 0.0559. The Bertz CT molecular complexity index is 801. The van der Waals surface area contributed by atoms with Crippen LogP contribution < -0.4 is 10.6 Å². The van der Waals surface area contributed by atoms with E-state index in [4.69, 9.17) is 11.6 Å². The van der Waals surface area contributed by atoms with E-state index in [1.807, 2.05) is 24.3 Å². The number of halogens is 1. The second kappa shape index (κ2) is 10.6. The van der Waals surface area contributed by atoms with Crippen molar-refractivity contribution in [2.75, 3.05) is 20.1 Å². The highest BCUT2D eigenvalue weighted by atomic mass is 35.5. The van der Waals surface area contributed by atoms with Gasteiger partial charge < -0.3 is 15.7 Å². The molecule has 2 aromatic rings. The first-order valence-electron chi connectivity index (χ1n) is 10.2. The molecule has 0 saturated carbocycles. The van der Waals surface area contributed by atoms with Crippen molar-refractivity contribution in [3.63, 3.8) is 0 Å². The lowest BCUT2D eigenvalue weighted by Crippen LogP contribution is -2.38. The van der Waals surface area contributed by atoms with E-state index in [0.717, 1.165) is 49.0 Å². The minimum atomic E-state index is -0.122. The molecule has 1 aliphatic rings. The predicted molar refractivity (Wildman–Crippen MR) is 120 cm³/mol. The van der Waals surface area contributed by atoms with Crippen LogP contribution in [-0.2, 0) is 13.1 Å². The lowest BCUT2D eigenvalue weighted by molar-refractivity contribution is 0.0792. The molecule has 2 aromatic carbocycles. The topological polar surface area (TPSA) is 59.9 Å². The average molecular weight is 415 g/mol. The second-order valence-electron chi connectivity index (χ2n) is 7.64. The number of guanidine groups is 1. The Morgan fingerprint density at radius 1 is 1.14 bits per heavy atom. The number of hydrogen-bond donors (Lipinski definition) is 3. The fourth-order valence-corrected chi connectivity index (χ4v) is 3.89. The third kappa shape index (κ3) is 6.46. The van der Waals surface area contributed by atoms with Crippen LogP contribution >= 0.6 is 11.6 Å². The molecule has 6 heteroatoms.